The van der Waals surface area contributed by atoms with E-state index in [0.717, 1.165) is 5.56 Å². The highest BCUT2D eigenvalue weighted by Crippen LogP contribution is 2.28. The molecule has 0 radical (unpaired) electrons. The molecule has 102 valence electrons. The molecule has 0 amide bonds. The molecule has 1 heterocycles. The second kappa shape index (κ2) is 5.32. The van der Waals surface area contributed by atoms with Crippen LogP contribution >= 0.6 is 11.3 Å². The van der Waals surface area contributed by atoms with Gasteiger partial charge in [0.15, 0.2) is 0 Å². The first kappa shape index (κ1) is 14.0. The summed E-state index contributed by atoms with van der Waals surface area (Å²) in [5.41, 5.74) is 0.834. The molecule has 0 fully saturated rings. The van der Waals surface area contributed by atoms with Crippen LogP contribution in [-0.4, -0.2) is 24.9 Å². The van der Waals surface area contributed by atoms with E-state index in [1.54, 1.807) is 48.8 Å². The van der Waals surface area contributed by atoms with Crippen LogP contribution in [0.25, 0.3) is 0 Å². The van der Waals surface area contributed by atoms with E-state index in [-0.39, 0.29) is 11.8 Å². The van der Waals surface area contributed by atoms with Crippen LogP contribution in [0, 0.1) is 0 Å². The van der Waals surface area contributed by atoms with Gasteiger partial charge in [-0.1, -0.05) is 18.2 Å². The molecule has 4 nitrogen and oxygen atoms in total. The van der Waals surface area contributed by atoms with Crippen molar-refractivity contribution in [3.05, 3.63) is 47.3 Å². The molecule has 0 aliphatic carbocycles. The van der Waals surface area contributed by atoms with Gasteiger partial charge in [-0.3, -0.25) is 0 Å². The Morgan fingerprint density at radius 3 is 2.37 bits per heavy atom. The summed E-state index contributed by atoms with van der Waals surface area (Å²) in [5.74, 6) is 0.166. The fourth-order valence-corrected chi connectivity index (χ4v) is 4.25. The minimum absolute atomic E-state index is 0.166. The van der Waals surface area contributed by atoms with Gasteiger partial charge in [0.25, 0.3) is 10.0 Å². The van der Waals surface area contributed by atoms with Crippen LogP contribution in [0.1, 0.15) is 18.5 Å². The van der Waals surface area contributed by atoms with Crippen LogP contribution in [0.4, 0.5) is 0 Å². The molecule has 2 rings (SSSR count). The summed E-state index contributed by atoms with van der Waals surface area (Å²) in [6.45, 7) is 1.82. The Morgan fingerprint density at radius 1 is 1.21 bits per heavy atom. The average Bonchev–Trinajstić information content (AvgIpc) is 2.92. The lowest BCUT2D eigenvalue weighted by Gasteiger charge is -2.24. The zero-order valence-corrected chi connectivity index (χ0v) is 12.3. The van der Waals surface area contributed by atoms with E-state index < -0.39 is 10.0 Å². The Balaban J connectivity index is 2.29. The molecule has 1 aromatic heterocycles. The van der Waals surface area contributed by atoms with Gasteiger partial charge in [-0.2, -0.15) is 4.31 Å². The molecule has 0 saturated heterocycles. The Labute approximate surface area is 117 Å². The van der Waals surface area contributed by atoms with Crippen molar-refractivity contribution in [2.45, 2.75) is 17.2 Å². The summed E-state index contributed by atoms with van der Waals surface area (Å²) >= 11 is 1.20. The van der Waals surface area contributed by atoms with Crippen LogP contribution in [0.5, 0.6) is 5.75 Å². The second-order valence-electron chi connectivity index (χ2n) is 4.22. The van der Waals surface area contributed by atoms with Gasteiger partial charge < -0.3 is 5.11 Å². The number of nitrogens with zero attached hydrogens (tertiary/aromatic N) is 1. The standard InChI is InChI=1S/C13H15NO3S2/c1-10(11-5-7-12(15)8-6-11)14(2)19(16,17)13-4-3-9-18-13/h3-10,15H,1-2H3. The van der Waals surface area contributed by atoms with E-state index in [4.69, 9.17) is 0 Å². The normalized spacial score (nSPS) is 13.6. The van der Waals surface area contributed by atoms with Crippen LogP contribution in [0.15, 0.2) is 46.0 Å². The van der Waals surface area contributed by atoms with Crippen molar-refractivity contribution < 1.29 is 13.5 Å². The topological polar surface area (TPSA) is 57.6 Å². The van der Waals surface area contributed by atoms with Crippen molar-refractivity contribution in [1.29, 1.82) is 0 Å². The summed E-state index contributed by atoms with van der Waals surface area (Å²) < 4.78 is 26.4. The van der Waals surface area contributed by atoms with Crippen molar-refractivity contribution in [2.24, 2.45) is 0 Å². The minimum atomic E-state index is -3.46. The lowest BCUT2D eigenvalue weighted by Crippen LogP contribution is -2.29. The maximum atomic E-state index is 12.4. The molecule has 1 unspecified atom stereocenters. The van der Waals surface area contributed by atoms with Crippen LogP contribution in [0.3, 0.4) is 0 Å². The van der Waals surface area contributed by atoms with Gasteiger partial charge >= 0.3 is 0 Å². The van der Waals surface area contributed by atoms with Crippen molar-refractivity contribution in [3.8, 4) is 5.75 Å². The first-order valence-electron chi connectivity index (χ1n) is 5.73. The molecular weight excluding hydrogens is 282 g/mol. The molecule has 2 aromatic rings. The number of phenols is 1. The van der Waals surface area contributed by atoms with E-state index in [9.17, 15) is 13.5 Å². The van der Waals surface area contributed by atoms with E-state index in [0.29, 0.717) is 4.21 Å². The maximum absolute atomic E-state index is 12.4. The number of rotatable bonds is 4. The van der Waals surface area contributed by atoms with Crippen molar-refractivity contribution >= 4 is 21.4 Å². The molecule has 6 heteroatoms. The Morgan fingerprint density at radius 2 is 1.84 bits per heavy atom. The van der Waals surface area contributed by atoms with Gasteiger partial charge in [-0.25, -0.2) is 8.42 Å². The first-order chi connectivity index (χ1) is 8.93. The van der Waals surface area contributed by atoms with Crippen LogP contribution < -0.4 is 0 Å². The molecule has 0 bridgehead atoms. The third kappa shape index (κ3) is 2.80. The zero-order valence-electron chi connectivity index (χ0n) is 10.6. The first-order valence-corrected chi connectivity index (χ1v) is 8.05. The SMILES string of the molecule is CC(c1ccc(O)cc1)N(C)S(=O)(=O)c1cccs1. The summed E-state index contributed by atoms with van der Waals surface area (Å²) in [6, 6.07) is 9.57. The molecule has 1 aromatic carbocycles. The number of phenolic OH excluding ortho intramolecular Hbond substituents is 1. The average molecular weight is 297 g/mol. The van der Waals surface area contributed by atoms with Gasteiger partial charge in [0.2, 0.25) is 0 Å². The predicted molar refractivity (Wildman–Crippen MR) is 75.8 cm³/mol. The monoisotopic (exact) mass is 297 g/mol. The number of aromatic hydroxyl groups is 1. The summed E-state index contributed by atoms with van der Waals surface area (Å²) in [4.78, 5) is 0. The fraction of sp³-hybridized carbons (Fsp3) is 0.231. The quantitative estimate of drug-likeness (QED) is 0.944. The number of hydrogen-bond donors (Lipinski definition) is 1. The molecule has 0 aliphatic rings. The molecular formula is C13H15NO3S2. The van der Waals surface area contributed by atoms with Crippen molar-refractivity contribution in [2.75, 3.05) is 7.05 Å². The van der Waals surface area contributed by atoms with Crippen LogP contribution in [0.2, 0.25) is 0 Å². The van der Waals surface area contributed by atoms with Crippen molar-refractivity contribution in [3.63, 3.8) is 0 Å². The number of sulfonamides is 1. The minimum Gasteiger partial charge on any atom is -0.508 e. The summed E-state index contributed by atoms with van der Waals surface area (Å²) in [5, 5.41) is 11.0. The van der Waals surface area contributed by atoms with Gasteiger partial charge in [0.05, 0.1) is 0 Å². The number of benzene rings is 1. The third-order valence-electron chi connectivity index (χ3n) is 3.05. The number of thiophene rings is 1. The smallest absolute Gasteiger partial charge is 0.252 e. The van der Waals surface area contributed by atoms with Gasteiger partial charge in [-0.05, 0) is 36.1 Å². The predicted octanol–water partition coefficient (Wildman–Crippen LogP) is 2.84. The molecule has 1 N–H and O–H groups in total. The zero-order chi connectivity index (χ0) is 14.0. The molecule has 19 heavy (non-hydrogen) atoms. The lowest BCUT2D eigenvalue weighted by atomic mass is 10.1. The summed E-state index contributed by atoms with van der Waals surface area (Å²) in [6.07, 6.45) is 0. The second-order valence-corrected chi connectivity index (χ2v) is 7.39. The van der Waals surface area contributed by atoms with E-state index in [1.165, 1.54) is 15.6 Å². The Hall–Kier alpha value is -1.37. The van der Waals surface area contributed by atoms with Gasteiger partial charge in [0.1, 0.15) is 9.96 Å². The van der Waals surface area contributed by atoms with E-state index in [2.05, 4.69) is 0 Å². The van der Waals surface area contributed by atoms with E-state index >= 15 is 0 Å². The largest absolute Gasteiger partial charge is 0.508 e. The fourth-order valence-electron chi connectivity index (χ4n) is 1.72. The number of hydrogen-bond acceptors (Lipinski definition) is 4. The van der Waals surface area contributed by atoms with Gasteiger partial charge in [-0.15, -0.1) is 11.3 Å². The highest BCUT2D eigenvalue weighted by Gasteiger charge is 2.26. The highest BCUT2D eigenvalue weighted by atomic mass is 32.2. The van der Waals surface area contributed by atoms with E-state index in [1.807, 2.05) is 6.92 Å². The lowest BCUT2D eigenvalue weighted by molar-refractivity contribution is 0.399. The maximum Gasteiger partial charge on any atom is 0.252 e. The summed E-state index contributed by atoms with van der Waals surface area (Å²) in [7, 11) is -1.90. The van der Waals surface area contributed by atoms with Gasteiger partial charge in [0, 0.05) is 13.1 Å². The third-order valence-corrected chi connectivity index (χ3v) is 6.35. The molecule has 0 aliphatic heterocycles. The van der Waals surface area contributed by atoms with Crippen molar-refractivity contribution in [1.82, 2.24) is 4.31 Å². The molecule has 1 atom stereocenters. The molecule has 0 spiro atoms. The Bertz CT molecular complexity index is 633. The Kier molecular flexibility index (Phi) is 3.93. The highest BCUT2D eigenvalue weighted by molar-refractivity contribution is 7.91. The molecule has 0 saturated carbocycles. The van der Waals surface area contributed by atoms with Crippen LogP contribution in [-0.2, 0) is 10.0 Å².